The molecule has 1 aromatic carbocycles. The normalized spacial score (nSPS) is 14.4. The largest absolute Gasteiger partial charge is 0.485 e. The fourth-order valence-electron chi connectivity index (χ4n) is 2.35. The average Bonchev–Trinajstić information content (AvgIpc) is 3.00. The third kappa shape index (κ3) is 3.94. The number of rotatable bonds is 6. The molecule has 120 valence electrons. The Kier molecular flexibility index (Phi) is 5.32. The lowest BCUT2D eigenvalue weighted by Crippen LogP contribution is -2.27. The fraction of sp³-hybridized carbons (Fsp3) is 0.533. The van der Waals surface area contributed by atoms with Crippen LogP contribution in [0.5, 0.6) is 5.75 Å². The number of likely N-dealkylation sites (tertiary alicyclic amines) is 1. The molecule has 1 aliphatic heterocycles. The zero-order valence-corrected chi connectivity index (χ0v) is 12.9. The number of benzene rings is 1. The molecule has 1 heterocycles. The Morgan fingerprint density at radius 3 is 2.64 bits per heavy atom. The summed E-state index contributed by atoms with van der Waals surface area (Å²) in [6, 6.07) is 4.32. The van der Waals surface area contributed by atoms with E-state index < -0.39 is 4.92 Å². The highest BCUT2D eigenvalue weighted by Crippen LogP contribution is 2.29. The van der Waals surface area contributed by atoms with Crippen molar-refractivity contribution in [2.45, 2.75) is 12.8 Å². The second-order valence-corrected chi connectivity index (χ2v) is 5.59. The van der Waals surface area contributed by atoms with Crippen LogP contribution in [0.3, 0.4) is 0 Å². The first-order valence-electron chi connectivity index (χ1n) is 7.34. The summed E-state index contributed by atoms with van der Waals surface area (Å²) in [5, 5.41) is 11.1. The molecule has 2 rings (SSSR count). The van der Waals surface area contributed by atoms with Gasteiger partial charge in [0, 0.05) is 37.3 Å². The highest BCUT2D eigenvalue weighted by atomic mass is 16.6. The quantitative estimate of drug-likeness (QED) is 0.591. The van der Waals surface area contributed by atoms with Gasteiger partial charge in [-0.05, 0) is 33.0 Å². The van der Waals surface area contributed by atoms with Crippen LogP contribution in [0.25, 0.3) is 0 Å². The molecule has 0 atom stereocenters. The Morgan fingerprint density at radius 1 is 1.36 bits per heavy atom. The van der Waals surface area contributed by atoms with Gasteiger partial charge in [0.1, 0.15) is 6.61 Å². The number of hydrogen-bond donors (Lipinski definition) is 0. The van der Waals surface area contributed by atoms with E-state index in [1.54, 1.807) is 4.90 Å². The molecule has 7 nitrogen and oxygen atoms in total. The smallest absolute Gasteiger partial charge is 0.310 e. The first-order chi connectivity index (χ1) is 10.5. The van der Waals surface area contributed by atoms with Gasteiger partial charge < -0.3 is 14.5 Å². The van der Waals surface area contributed by atoms with E-state index in [1.165, 1.54) is 18.2 Å². The second kappa shape index (κ2) is 7.22. The van der Waals surface area contributed by atoms with Crippen LogP contribution < -0.4 is 4.74 Å². The summed E-state index contributed by atoms with van der Waals surface area (Å²) < 4.78 is 5.51. The number of ether oxygens (including phenoxy) is 1. The van der Waals surface area contributed by atoms with E-state index in [-0.39, 0.29) is 17.3 Å². The van der Waals surface area contributed by atoms with Crippen LogP contribution in [0.2, 0.25) is 0 Å². The van der Waals surface area contributed by atoms with Gasteiger partial charge in [-0.3, -0.25) is 14.9 Å². The molecular weight excluding hydrogens is 286 g/mol. The standard InChI is InChI=1S/C15H21N3O4/c1-16(2)9-10-22-14-11-12(5-6-13(14)18(20)21)15(19)17-7-3-4-8-17/h5-6,11H,3-4,7-10H2,1-2H3. The van der Waals surface area contributed by atoms with Crippen LogP contribution in [0.15, 0.2) is 18.2 Å². The number of nitro benzene ring substituents is 1. The van der Waals surface area contributed by atoms with Crippen LogP contribution in [0.1, 0.15) is 23.2 Å². The molecular formula is C15H21N3O4. The van der Waals surface area contributed by atoms with Crippen molar-refractivity contribution in [1.29, 1.82) is 0 Å². The summed E-state index contributed by atoms with van der Waals surface area (Å²) in [4.78, 5) is 26.6. The number of carbonyl (C=O) groups is 1. The average molecular weight is 307 g/mol. The topological polar surface area (TPSA) is 75.9 Å². The first kappa shape index (κ1) is 16.2. The lowest BCUT2D eigenvalue weighted by molar-refractivity contribution is -0.385. The molecule has 0 bridgehead atoms. The molecule has 0 radical (unpaired) electrons. The predicted octanol–water partition coefficient (Wildman–Crippen LogP) is 1.77. The van der Waals surface area contributed by atoms with Crippen LogP contribution >= 0.6 is 0 Å². The van der Waals surface area contributed by atoms with Crippen molar-refractivity contribution in [2.75, 3.05) is 40.3 Å². The van der Waals surface area contributed by atoms with Gasteiger partial charge in [-0.25, -0.2) is 0 Å². The summed E-state index contributed by atoms with van der Waals surface area (Å²) in [6.07, 6.45) is 2.01. The predicted molar refractivity (Wildman–Crippen MR) is 82.3 cm³/mol. The summed E-state index contributed by atoms with van der Waals surface area (Å²) in [5.41, 5.74) is 0.323. The lowest BCUT2D eigenvalue weighted by atomic mass is 10.1. The number of hydrogen-bond acceptors (Lipinski definition) is 5. The minimum atomic E-state index is -0.491. The van der Waals surface area contributed by atoms with Crippen molar-refractivity contribution in [3.05, 3.63) is 33.9 Å². The summed E-state index contributed by atoms with van der Waals surface area (Å²) >= 11 is 0. The van der Waals surface area contributed by atoms with Crippen molar-refractivity contribution in [2.24, 2.45) is 0 Å². The highest BCUT2D eigenvalue weighted by molar-refractivity contribution is 5.95. The zero-order chi connectivity index (χ0) is 16.1. The maximum Gasteiger partial charge on any atom is 0.310 e. The minimum absolute atomic E-state index is 0.0927. The van der Waals surface area contributed by atoms with Gasteiger partial charge in [0.25, 0.3) is 5.91 Å². The number of likely N-dealkylation sites (N-methyl/N-ethyl adjacent to an activating group) is 1. The van der Waals surface area contributed by atoms with Gasteiger partial charge in [0.15, 0.2) is 5.75 Å². The molecule has 1 aromatic rings. The van der Waals surface area contributed by atoms with Crippen molar-refractivity contribution >= 4 is 11.6 Å². The lowest BCUT2D eigenvalue weighted by Gasteiger charge is -2.16. The Balaban J connectivity index is 2.18. The Hall–Kier alpha value is -2.15. The molecule has 1 saturated heterocycles. The number of nitro groups is 1. The number of amides is 1. The molecule has 1 aliphatic rings. The molecule has 0 spiro atoms. The fourth-order valence-corrected chi connectivity index (χ4v) is 2.35. The molecule has 1 amide bonds. The first-order valence-corrected chi connectivity index (χ1v) is 7.34. The van der Waals surface area contributed by atoms with Crippen LogP contribution in [0, 0.1) is 10.1 Å². The van der Waals surface area contributed by atoms with E-state index in [2.05, 4.69) is 0 Å². The monoisotopic (exact) mass is 307 g/mol. The van der Waals surface area contributed by atoms with Crippen LogP contribution in [-0.2, 0) is 0 Å². The number of carbonyl (C=O) groups excluding carboxylic acids is 1. The van der Waals surface area contributed by atoms with Crippen LogP contribution in [-0.4, -0.2) is 61.0 Å². The summed E-state index contributed by atoms with van der Waals surface area (Å²) in [5.74, 6) is 0.0572. The maximum atomic E-state index is 12.4. The molecule has 0 aromatic heterocycles. The molecule has 0 saturated carbocycles. The van der Waals surface area contributed by atoms with Crippen molar-refractivity contribution in [3.8, 4) is 5.75 Å². The molecule has 22 heavy (non-hydrogen) atoms. The van der Waals surface area contributed by atoms with Crippen molar-refractivity contribution < 1.29 is 14.5 Å². The van der Waals surface area contributed by atoms with Crippen molar-refractivity contribution in [1.82, 2.24) is 9.80 Å². The van der Waals surface area contributed by atoms with Crippen molar-refractivity contribution in [3.63, 3.8) is 0 Å². The van der Waals surface area contributed by atoms with E-state index in [0.717, 1.165) is 25.9 Å². The van der Waals surface area contributed by atoms with Gasteiger partial charge in [-0.2, -0.15) is 0 Å². The van der Waals surface area contributed by atoms with E-state index in [9.17, 15) is 14.9 Å². The molecule has 7 heteroatoms. The van der Waals surface area contributed by atoms with Gasteiger partial charge in [0.2, 0.25) is 0 Å². The summed E-state index contributed by atoms with van der Waals surface area (Å²) in [7, 11) is 3.79. The molecule has 1 fully saturated rings. The van der Waals surface area contributed by atoms with Gasteiger partial charge in [-0.1, -0.05) is 0 Å². The molecule has 0 aliphatic carbocycles. The van der Waals surface area contributed by atoms with E-state index in [0.29, 0.717) is 18.7 Å². The zero-order valence-electron chi connectivity index (χ0n) is 12.9. The van der Waals surface area contributed by atoms with Gasteiger partial charge in [-0.15, -0.1) is 0 Å². The van der Waals surface area contributed by atoms with Crippen LogP contribution in [0.4, 0.5) is 5.69 Å². The Morgan fingerprint density at radius 2 is 2.05 bits per heavy atom. The van der Waals surface area contributed by atoms with E-state index in [4.69, 9.17) is 4.74 Å². The van der Waals surface area contributed by atoms with Gasteiger partial charge >= 0.3 is 5.69 Å². The third-order valence-electron chi connectivity index (χ3n) is 3.59. The summed E-state index contributed by atoms with van der Waals surface area (Å²) in [6.45, 7) is 2.45. The SMILES string of the molecule is CN(C)CCOc1cc(C(=O)N2CCCC2)ccc1[N+](=O)[O-]. The second-order valence-electron chi connectivity index (χ2n) is 5.59. The van der Waals surface area contributed by atoms with E-state index in [1.807, 2.05) is 19.0 Å². The Bertz CT molecular complexity index is 554. The Labute approximate surface area is 129 Å². The highest BCUT2D eigenvalue weighted by Gasteiger charge is 2.23. The third-order valence-corrected chi connectivity index (χ3v) is 3.59. The van der Waals surface area contributed by atoms with Gasteiger partial charge in [0.05, 0.1) is 4.92 Å². The number of nitrogens with zero attached hydrogens (tertiary/aromatic N) is 3. The van der Waals surface area contributed by atoms with E-state index >= 15 is 0 Å². The maximum absolute atomic E-state index is 12.4. The molecule has 0 N–H and O–H groups in total. The minimum Gasteiger partial charge on any atom is -0.485 e. The molecule has 0 unspecified atom stereocenters.